The summed E-state index contributed by atoms with van der Waals surface area (Å²) in [5.74, 6) is 1.68. The molecule has 90 valence electrons. The van der Waals surface area contributed by atoms with Crippen LogP contribution in [-0.2, 0) is 4.74 Å². The van der Waals surface area contributed by atoms with Crippen molar-refractivity contribution in [2.24, 2.45) is 17.8 Å². The number of halogens is 1. The van der Waals surface area contributed by atoms with Gasteiger partial charge in [-0.05, 0) is 30.6 Å². The molecule has 0 aromatic rings. The Bertz CT molecular complexity index is 204. The van der Waals surface area contributed by atoms with Gasteiger partial charge in [-0.15, -0.1) is 0 Å². The maximum atomic E-state index is 10.7. The van der Waals surface area contributed by atoms with Gasteiger partial charge in [0.15, 0.2) is 0 Å². The van der Waals surface area contributed by atoms with E-state index >= 15 is 0 Å². The van der Waals surface area contributed by atoms with Crippen molar-refractivity contribution in [3.05, 3.63) is 0 Å². The second-order valence-electron chi connectivity index (χ2n) is 4.72. The number of rotatable bonds is 2. The van der Waals surface area contributed by atoms with Crippen molar-refractivity contribution < 1.29 is 9.53 Å². The van der Waals surface area contributed by atoms with Crippen molar-refractivity contribution in [1.29, 1.82) is 0 Å². The number of carbonyl (C=O) groups is 1. The summed E-state index contributed by atoms with van der Waals surface area (Å²) in [5, 5.41) is 0. The number of carbonyl (C=O) groups excluding carboxylic acids is 1. The Morgan fingerprint density at radius 1 is 1.40 bits per heavy atom. The van der Waals surface area contributed by atoms with E-state index in [-0.39, 0.29) is 13.5 Å². The zero-order valence-corrected chi connectivity index (χ0v) is 9.88. The third-order valence-corrected chi connectivity index (χ3v) is 3.29. The number of hydrogen-bond donors (Lipinski definition) is 0. The molecular formula is C12H23ClO2. The average molecular weight is 235 g/mol. The van der Waals surface area contributed by atoms with Crippen LogP contribution in [0.1, 0.15) is 47.5 Å². The highest BCUT2D eigenvalue weighted by molar-refractivity contribution is 6.61. The molecule has 0 aromatic heterocycles. The molecule has 1 rings (SSSR count). The molecule has 0 spiro atoms. The third-order valence-electron chi connectivity index (χ3n) is 3.21. The van der Waals surface area contributed by atoms with Gasteiger partial charge in [-0.1, -0.05) is 34.6 Å². The summed E-state index contributed by atoms with van der Waals surface area (Å²) in [6.07, 6.45) is 3.37. The molecule has 0 aromatic carbocycles. The Labute approximate surface area is 98.3 Å². The Hall–Kier alpha value is -0.240. The van der Waals surface area contributed by atoms with Crippen LogP contribution in [0.5, 0.6) is 0 Å². The highest BCUT2D eigenvalue weighted by atomic mass is 35.5. The summed E-state index contributed by atoms with van der Waals surface area (Å²) in [5.41, 5.74) is -0.658. The van der Waals surface area contributed by atoms with E-state index in [9.17, 15) is 4.79 Å². The van der Waals surface area contributed by atoms with E-state index in [1.54, 1.807) is 0 Å². The fraction of sp³-hybridized carbons (Fsp3) is 0.917. The first kappa shape index (κ1) is 14.8. The minimum atomic E-state index is -0.658. The normalized spacial score (nSPS) is 30.9. The minimum absolute atomic E-state index is 0. The Morgan fingerprint density at radius 3 is 2.47 bits per heavy atom. The Morgan fingerprint density at radius 2 is 2.00 bits per heavy atom. The Balaban J connectivity index is 0.00000196. The lowest BCUT2D eigenvalue weighted by atomic mass is 9.75. The van der Waals surface area contributed by atoms with Crippen LogP contribution in [0.2, 0.25) is 0 Å². The molecule has 1 aliphatic rings. The summed E-state index contributed by atoms with van der Waals surface area (Å²) in [6.45, 7) is 6.55. The summed E-state index contributed by atoms with van der Waals surface area (Å²) >= 11 is 5.27. The topological polar surface area (TPSA) is 26.3 Å². The van der Waals surface area contributed by atoms with Crippen LogP contribution in [0.15, 0.2) is 0 Å². The van der Waals surface area contributed by atoms with Crippen LogP contribution in [-0.4, -0.2) is 11.5 Å². The molecule has 1 aliphatic carbocycles. The maximum absolute atomic E-state index is 10.7. The van der Waals surface area contributed by atoms with Crippen molar-refractivity contribution in [1.82, 2.24) is 0 Å². The van der Waals surface area contributed by atoms with Crippen molar-refractivity contribution in [3.63, 3.8) is 0 Å². The van der Waals surface area contributed by atoms with E-state index < -0.39 is 5.43 Å². The molecule has 3 atom stereocenters. The van der Waals surface area contributed by atoms with E-state index in [2.05, 4.69) is 20.8 Å². The second-order valence-corrected chi connectivity index (χ2v) is 5.03. The first-order valence-electron chi connectivity index (χ1n) is 5.36. The van der Waals surface area contributed by atoms with E-state index in [1.807, 2.05) is 0 Å². The molecule has 0 aliphatic heterocycles. The molecule has 15 heavy (non-hydrogen) atoms. The van der Waals surface area contributed by atoms with Crippen LogP contribution >= 0.6 is 11.6 Å². The molecular weight excluding hydrogens is 212 g/mol. The van der Waals surface area contributed by atoms with Gasteiger partial charge in [0, 0.05) is 11.6 Å². The maximum Gasteiger partial charge on any atom is 0.404 e. The van der Waals surface area contributed by atoms with E-state index in [0.29, 0.717) is 17.8 Å². The zero-order chi connectivity index (χ0) is 10.7. The summed E-state index contributed by atoms with van der Waals surface area (Å²) in [6, 6.07) is 0. The van der Waals surface area contributed by atoms with E-state index in [0.717, 1.165) is 12.8 Å². The quantitative estimate of drug-likeness (QED) is 0.660. The van der Waals surface area contributed by atoms with Gasteiger partial charge in [-0.2, -0.15) is 0 Å². The fourth-order valence-corrected chi connectivity index (χ4v) is 2.48. The van der Waals surface area contributed by atoms with Crippen molar-refractivity contribution in [3.8, 4) is 0 Å². The van der Waals surface area contributed by atoms with Crippen molar-refractivity contribution in [2.75, 3.05) is 0 Å². The molecule has 0 N–H and O–H groups in total. The minimum Gasteiger partial charge on any atom is -0.450 e. The molecule has 2 nitrogen and oxygen atoms in total. The van der Waals surface area contributed by atoms with Gasteiger partial charge in [-0.25, -0.2) is 4.79 Å². The molecule has 0 radical (unpaired) electrons. The van der Waals surface area contributed by atoms with Crippen LogP contribution in [0, 0.1) is 17.8 Å². The lowest BCUT2D eigenvalue weighted by Crippen LogP contribution is -2.34. The summed E-state index contributed by atoms with van der Waals surface area (Å²) < 4.78 is 5.16. The standard InChI is InChI=1S/C11H19ClO2.CH4/c1-7(2)9-5-4-8(3)6-10(9)14-11(12)13;/h7-10H,4-6H2,1-3H3;1H4/t8-,9+,10-;/m0./s1. The van der Waals surface area contributed by atoms with Gasteiger partial charge in [-0.3, -0.25) is 0 Å². The van der Waals surface area contributed by atoms with E-state index in [1.165, 1.54) is 6.42 Å². The lowest BCUT2D eigenvalue weighted by Gasteiger charge is -2.36. The predicted octanol–water partition coefficient (Wildman–Crippen LogP) is 4.46. The molecule has 0 bridgehead atoms. The first-order chi connectivity index (χ1) is 6.50. The van der Waals surface area contributed by atoms with Crippen molar-refractivity contribution >= 4 is 17.0 Å². The second kappa shape index (κ2) is 6.37. The van der Waals surface area contributed by atoms with Crippen LogP contribution in [0.3, 0.4) is 0 Å². The summed E-state index contributed by atoms with van der Waals surface area (Å²) in [7, 11) is 0. The highest BCUT2D eigenvalue weighted by Gasteiger charge is 2.32. The first-order valence-corrected chi connectivity index (χ1v) is 5.74. The van der Waals surface area contributed by atoms with Crippen LogP contribution in [0.25, 0.3) is 0 Å². The van der Waals surface area contributed by atoms with Gasteiger partial charge in [0.1, 0.15) is 6.10 Å². The van der Waals surface area contributed by atoms with Crippen molar-refractivity contribution in [2.45, 2.75) is 53.6 Å². The molecule has 3 heteroatoms. The fourth-order valence-electron chi connectivity index (χ4n) is 2.37. The largest absolute Gasteiger partial charge is 0.450 e. The molecule has 0 amide bonds. The molecule has 1 saturated carbocycles. The molecule has 0 unspecified atom stereocenters. The Kier molecular flexibility index (Phi) is 6.26. The lowest BCUT2D eigenvalue weighted by molar-refractivity contribution is 0.0179. The molecule has 1 fully saturated rings. The number of ether oxygens (including phenoxy) is 1. The van der Waals surface area contributed by atoms with Gasteiger partial charge >= 0.3 is 5.43 Å². The van der Waals surface area contributed by atoms with Gasteiger partial charge in [0.25, 0.3) is 0 Å². The monoisotopic (exact) mass is 234 g/mol. The summed E-state index contributed by atoms with van der Waals surface area (Å²) in [4.78, 5) is 10.7. The van der Waals surface area contributed by atoms with Crippen LogP contribution in [0.4, 0.5) is 4.79 Å². The van der Waals surface area contributed by atoms with Gasteiger partial charge < -0.3 is 4.74 Å². The van der Waals surface area contributed by atoms with Gasteiger partial charge in [0.05, 0.1) is 0 Å². The van der Waals surface area contributed by atoms with Gasteiger partial charge in [0.2, 0.25) is 0 Å². The number of hydrogen-bond acceptors (Lipinski definition) is 2. The zero-order valence-electron chi connectivity index (χ0n) is 9.13. The predicted molar refractivity (Wildman–Crippen MR) is 64.2 cm³/mol. The molecule has 0 saturated heterocycles. The van der Waals surface area contributed by atoms with Crippen LogP contribution < -0.4 is 0 Å². The third kappa shape index (κ3) is 4.42. The highest BCUT2D eigenvalue weighted by Crippen LogP contribution is 2.35. The average Bonchev–Trinajstić information content (AvgIpc) is 2.01. The SMILES string of the molecule is C.CC(C)[C@H]1CC[C@H](C)C[C@@H]1OC(=O)Cl. The van der Waals surface area contributed by atoms with E-state index in [4.69, 9.17) is 16.3 Å². The molecule has 0 heterocycles. The smallest absolute Gasteiger partial charge is 0.404 e.